The van der Waals surface area contributed by atoms with Crippen LogP contribution in [0.5, 0.6) is 0 Å². The summed E-state index contributed by atoms with van der Waals surface area (Å²) in [6.07, 6.45) is 7.45. The monoisotopic (exact) mass is 355 g/mol. The number of nitrogens with zero attached hydrogens (tertiary/aromatic N) is 4. The molecule has 1 aromatic heterocycles. The molecule has 3 rings (SSSR count). The third kappa shape index (κ3) is 5.66. The topological polar surface area (TPSA) is 77.0 Å². The minimum Gasteiger partial charge on any atom is -0.369 e. The fourth-order valence-corrected chi connectivity index (χ4v) is 3.50. The number of hydrogen-bond donors (Lipinski definition) is 1. The van der Waals surface area contributed by atoms with Crippen molar-refractivity contribution < 1.29 is 4.79 Å². The molecule has 0 saturated carbocycles. The molecule has 140 valence electrons. The van der Waals surface area contributed by atoms with Crippen LogP contribution in [0.4, 0.5) is 0 Å². The first-order chi connectivity index (χ1) is 12.7. The smallest absolute Gasteiger partial charge is 0.225 e. The van der Waals surface area contributed by atoms with Gasteiger partial charge in [-0.3, -0.25) is 9.69 Å². The van der Waals surface area contributed by atoms with Crippen LogP contribution in [-0.2, 0) is 30.7 Å². The Morgan fingerprint density at radius 3 is 2.42 bits per heavy atom. The molecule has 0 radical (unpaired) electrons. The number of carbonyl (C=O) groups excluding carboxylic acids is 1. The van der Waals surface area contributed by atoms with Crippen molar-refractivity contribution in [2.45, 2.75) is 58.0 Å². The Morgan fingerprint density at radius 1 is 1.04 bits per heavy atom. The maximum absolute atomic E-state index is 11.3. The van der Waals surface area contributed by atoms with Gasteiger partial charge in [-0.05, 0) is 37.9 Å². The summed E-state index contributed by atoms with van der Waals surface area (Å²) >= 11 is 0. The van der Waals surface area contributed by atoms with Crippen LogP contribution >= 0.6 is 0 Å². The van der Waals surface area contributed by atoms with Crippen LogP contribution in [0.1, 0.15) is 49.3 Å². The quantitative estimate of drug-likeness (QED) is 0.827. The Kier molecular flexibility index (Phi) is 6.77. The Morgan fingerprint density at radius 2 is 1.73 bits per heavy atom. The van der Waals surface area contributed by atoms with Crippen molar-refractivity contribution in [2.75, 3.05) is 13.1 Å². The number of primary amides is 1. The minimum absolute atomic E-state index is 0.103. The highest BCUT2D eigenvalue weighted by atomic mass is 16.1. The number of nitrogens with two attached hydrogens (primary N) is 1. The SMILES string of the molecule is NC(=O)Cc1nc(CN2CCCCCCC2)n(CCc2ccccc2)n1. The van der Waals surface area contributed by atoms with E-state index >= 15 is 0 Å². The number of benzene rings is 1. The van der Waals surface area contributed by atoms with Crippen LogP contribution in [-0.4, -0.2) is 38.7 Å². The predicted molar refractivity (Wildman–Crippen MR) is 101 cm³/mol. The van der Waals surface area contributed by atoms with Crippen molar-refractivity contribution >= 4 is 5.91 Å². The first-order valence-corrected chi connectivity index (χ1v) is 9.68. The summed E-state index contributed by atoms with van der Waals surface area (Å²) in [4.78, 5) is 18.4. The van der Waals surface area contributed by atoms with Crippen molar-refractivity contribution in [1.82, 2.24) is 19.7 Å². The predicted octanol–water partition coefficient (Wildman–Crippen LogP) is 2.31. The van der Waals surface area contributed by atoms with Crippen molar-refractivity contribution in [1.29, 1.82) is 0 Å². The van der Waals surface area contributed by atoms with E-state index in [-0.39, 0.29) is 12.3 Å². The van der Waals surface area contributed by atoms with Crippen LogP contribution in [0, 0.1) is 0 Å². The summed E-state index contributed by atoms with van der Waals surface area (Å²) in [7, 11) is 0. The van der Waals surface area contributed by atoms with Gasteiger partial charge in [-0.2, -0.15) is 5.10 Å². The number of amides is 1. The highest BCUT2D eigenvalue weighted by Gasteiger charge is 2.16. The summed E-state index contributed by atoms with van der Waals surface area (Å²) in [6, 6.07) is 10.4. The van der Waals surface area contributed by atoms with E-state index < -0.39 is 0 Å². The molecule has 6 nitrogen and oxygen atoms in total. The van der Waals surface area contributed by atoms with Crippen LogP contribution in [0.3, 0.4) is 0 Å². The largest absolute Gasteiger partial charge is 0.369 e. The average molecular weight is 355 g/mol. The number of rotatable bonds is 7. The highest BCUT2D eigenvalue weighted by molar-refractivity contribution is 5.75. The molecule has 6 heteroatoms. The van der Waals surface area contributed by atoms with Crippen molar-refractivity contribution in [2.24, 2.45) is 5.73 Å². The van der Waals surface area contributed by atoms with E-state index in [1.165, 1.54) is 37.7 Å². The Balaban J connectivity index is 1.70. The number of hydrogen-bond acceptors (Lipinski definition) is 4. The summed E-state index contributed by atoms with van der Waals surface area (Å²) in [5, 5.41) is 4.55. The van der Waals surface area contributed by atoms with E-state index in [4.69, 9.17) is 5.73 Å². The van der Waals surface area contributed by atoms with E-state index in [1.807, 2.05) is 10.7 Å². The highest BCUT2D eigenvalue weighted by Crippen LogP contribution is 2.14. The van der Waals surface area contributed by atoms with Gasteiger partial charge in [0.05, 0.1) is 13.0 Å². The molecule has 0 spiro atoms. The molecule has 0 bridgehead atoms. The van der Waals surface area contributed by atoms with Gasteiger partial charge >= 0.3 is 0 Å². The second-order valence-electron chi connectivity index (χ2n) is 7.09. The summed E-state index contributed by atoms with van der Waals surface area (Å²) in [6.45, 7) is 3.77. The molecule has 0 atom stereocenters. The molecule has 0 unspecified atom stereocenters. The van der Waals surface area contributed by atoms with Gasteiger partial charge < -0.3 is 5.73 Å². The molecule has 1 aliphatic rings. The first kappa shape index (κ1) is 18.6. The molecule has 1 aromatic carbocycles. The van der Waals surface area contributed by atoms with E-state index in [9.17, 15) is 4.79 Å². The van der Waals surface area contributed by atoms with Crippen LogP contribution < -0.4 is 5.73 Å². The molecule has 2 aromatic rings. The standard InChI is InChI=1S/C20H29N5O/c21-18(26)15-19-22-20(16-24-12-7-2-1-3-8-13-24)25(23-19)14-11-17-9-5-4-6-10-17/h4-6,9-10H,1-3,7-8,11-16H2,(H2,21,26). The molecule has 1 amide bonds. The normalized spacial score (nSPS) is 16.2. The summed E-state index contributed by atoms with van der Waals surface area (Å²) in [5.74, 6) is 1.09. The average Bonchev–Trinajstić information content (AvgIpc) is 2.97. The van der Waals surface area contributed by atoms with Crippen molar-refractivity contribution in [3.05, 3.63) is 47.5 Å². The van der Waals surface area contributed by atoms with Gasteiger partial charge in [0.15, 0.2) is 5.82 Å². The Labute approximate surface area is 155 Å². The second kappa shape index (κ2) is 9.48. The number of aromatic nitrogens is 3. The number of carbonyl (C=O) groups is 1. The lowest BCUT2D eigenvalue weighted by Crippen LogP contribution is -2.28. The molecule has 26 heavy (non-hydrogen) atoms. The van der Waals surface area contributed by atoms with E-state index in [0.29, 0.717) is 5.82 Å². The minimum atomic E-state index is -0.386. The molecule has 2 heterocycles. The zero-order chi connectivity index (χ0) is 18.2. The zero-order valence-corrected chi connectivity index (χ0v) is 15.4. The van der Waals surface area contributed by atoms with E-state index in [2.05, 4.69) is 39.2 Å². The van der Waals surface area contributed by atoms with Crippen LogP contribution in [0.2, 0.25) is 0 Å². The first-order valence-electron chi connectivity index (χ1n) is 9.68. The van der Waals surface area contributed by atoms with Crippen LogP contribution in [0.15, 0.2) is 30.3 Å². The summed E-state index contributed by atoms with van der Waals surface area (Å²) in [5.41, 5.74) is 6.61. The fourth-order valence-electron chi connectivity index (χ4n) is 3.50. The fraction of sp³-hybridized carbons (Fsp3) is 0.550. The van der Waals surface area contributed by atoms with E-state index in [0.717, 1.165) is 38.4 Å². The Bertz CT molecular complexity index is 689. The molecule has 1 saturated heterocycles. The van der Waals surface area contributed by atoms with Gasteiger partial charge in [-0.15, -0.1) is 0 Å². The van der Waals surface area contributed by atoms with Gasteiger partial charge in [-0.1, -0.05) is 49.6 Å². The zero-order valence-electron chi connectivity index (χ0n) is 15.4. The lowest BCUT2D eigenvalue weighted by Gasteiger charge is -2.24. The molecular weight excluding hydrogens is 326 g/mol. The van der Waals surface area contributed by atoms with Gasteiger partial charge in [0.1, 0.15) is 5.82 Å². The molecule has 1 fully saturated rings. The van der Waals surface area contributed by atoms with Gasteiger partial charge in [0.2, 0.25) is 5.91 Å². The van der Waals surface area contributed by atoms with Gasteiger partial charge in [0.25, 0.3) is 0 Å². The Hall–Kier alpha value is -2.21. The molecule has 1 aliphatic heterocycles. The second-order valence-corrected chi connectivity index (χ2v) is 7.09. The lowest BCUT2D eigenvalue weighted by atomic mass is 10.1. The van der Waals surface area contributed by atoms with Gasteiger partial charge in [0, 0.05) is 6.54 Å². The third-order valence-corrected chi connectivity index (χ3v) is 4.89. The maximum Gasteiger partial charge on any atom is 0.225 e. The maximum atomic E-state index is 11.3. The van der Waals surface area contributed by atoms with E-state index in [1.54, 1.807) is 0 Å². The number of likely N-dealkylation sites (tertiary alicyclic amines) is 1. The van der Waals surface area contributed by atoms with Crippen molar-refractivity contribution in [3.63, 3.8) is 0 Å². The van der Waals surface area contributed by atoms with Crippen LogP contribution in [0.25, 0.3) is 0 Å². The lowest BCUT2D eigenvalue weighted by molar-refractivity contribution is -0.117. The number of aryl methyl sites for hydroxylation is 2. The molecular formula is C20H29N5O. The molecule has 2 N–H and O–H groups in total. The third-order valence-electron chi connectivity index (χ3n) is 4.89. The van der Waals surface area contributed by atoms with Crippen molar-refractivity contribution in [3.8, 4) is 0 Å². The van der Waals surface area contributed by atoms with Gasteiger partial charge in [-0.25, -0.2) is 9.67 Å². The molecule has 0 aliphatic carbocycles. The summed E-state index contributed by atoms with van der Waals surface area (Å²) < 4.78 is 1.96.